The van der Waals surface area contributed by atoms with Gasteiger partial charge in [-0.25, -0.2) is 4.98 Å². The number of methoxy groups -OCH3 is 1. The molecule has 0 bridgehead atoms. The van der Waals surface area contributed by atoms with E-state index in [-0.39, 0.29) is 12.5 Å². The molecule has 2 heterocycles. The quantitative estimate of drug-likeness (QED) is 0.646. The van der Waals surface area contributed by atoms with Crippen LogP contribution in [0, 0.1) is 0 Å². The number of carbonyl (C=O) groups is 1. The molecule has 1 saturated heterocycles. The van der Waals surface area contributed by atoms with Gasteiger partial charge in [-0.15, -0.1) is 11.3 Å². The third-order valence-corrected chi connectivity index (χ3v) is 5.86. The van der Waals surface area contributed by atoms with Crippen molar-refractivity contribution in [2.75, 3.05) is 43.6 Å². The van der Waals surface area contributed by atoms with Crippen molar-refractivity contribution in [3.63, 3.8) is 0 Å². The predicted molar refractivity (Wildman–Crippen MR) is 114 cm³/mol. The van der Waals surface area contributed by atoms with Crippen LogP contribution in [0.4, 0.5) is 11.4 Å². The molecule has 0 spiro atoms. The van der Waals surface area contributed by atoms with Crippen molar-refractivity contribution < 1.29 is 19.4 Å². The predicted octanol–water partition coefficient (Wildman–Crippen LogP) is 3.02. The van der Waals surface area contributed by atoms with Gasteiger partial charge in [-0.1, -0.05) is 0 Å². The number of aromatic nitrogens is 1. The van der Waals surface area contributed by atoms with Gasteiger partial charge >= 0.3 is 0 Å². The van der Waals surface area contributed by atoms with Gasteiger partial charge in [-0.2, -0.15) is 0 Å². The average molecular weight is 413 g/mol. The van der Waals surface area contributed by atoms with E-state index in [4.69, 9.17) is 9.47 Å². The Labute approximate surface area is 172 Å². The molecule has 0 saturated carbocycles. The largest absolute Gasteiger partial charge is 0.389 e. The normalized spacial score (nSPS) is 14.3. The third kappa shape index (κ3) is 4.40. The van der Waals surface area contributed by atoms with E-state index in [9.17, 15) is 9.90 Å². The van der Waals surface area contributed by atoms with Crippen LogP contribution < -0.4 is 10.2 Å². The number of nitrogens with zero attached hydrogens (tertiary/aromatic N) is 2. The molecule has 2 N–H and O–H groups in total. The van der Waals surface area contributed by atoms with E-state index in [0.29, 0.717) is 36.1 Å². The number of thiazole rings is 1. The number of amides is 1. The molecule has 0 unspecified atom stereocenters. The van der Waals surface area contributed by atoms with Gasteiger partial charge in [0, 0.05) is 37.1 Å². The molecule has 29 heavy (non-hydrogen) atoms. The van der Waals surface area contributed by atoms with E-state index >= 15 is 0 Å². The summed E-state index contributed by atoms with van der Waals surface area (Å²) >= 11 is 1.44. The molecule has 0 radical (unpaired) electrons. The Morgan fingerprint density at radius 2 is 2.10 bits per heavy atom. The van der Waals surface area contributed by atoms with E-state index in [1.807, 2.05) is 36.4 Å². The molecular weight excluding hydrogens is 390 g/mol. The van der Waals surface area contributed by atoms with E-state index in [2.05, 4.69) is 15.2 Å². The molecule has 2 aromatic carbocycles. The van der Waals surface area contributed by atoms with Gasteiger partial charge in [0.25, 0.3) is 5.91 Å². The van der Waals surface area contributed by atoms with Crippen LogP contribution in [0.3, 0.4) is 0 Å². The van der Waals surface area contributed by atoms with Crippen LogP contribution in [-0.2, 0) is 22.7 Å². The summed E-state index contributed by atoms with van der Waals surface area (Å²) < 4.78 is 11.7. The number of nitrogens with one attached hydrogen (secondary N) is 1. The maximum Gasteiger partial charge on any atom is 0.256 e. The van der Waals surface area contributed by atoms with E-state index in [1.54, 1.807) is 7.11 Å². The van der Waals surface area contributed by atoms with Gasteiger partial charge in [0.1, 0.15) is 5.01 Å². The van der Waals surface area contributed by atoms with Crippen LogP contribution in [0.15, 0.2) is 36.4 Å². The lowest BCUT2D eigenvalue weighted by Crippen LogP contribution is -2.36. The zero-order valence-electron chi connectivity index (χ0n) is 16.2. The molecule has 0 atom stereocenters. The third-order valence-electron chi connectivity index (χ3n) is 4.83. The fourth-order valence-electron chi connectivity index (χ4n) is 3.41. The number of fused-ring (bicyclic) bond motifs is 1. The molecule has 1 aromatic heterocycles. The number of benzene rings is 2. The van der Waals surface area contributed by atoms with Crippen molar-refractivity contribution in [3.05, 3.63) is 52.5 Å². The average Bonchev–Trinajstić information content (AvgIpc) is 3.17. The first-order chi connectivity index (χ1) is 14.2. The molecule has 1 aliphatic rings. The number of carbonyl (C=O) groups excluding carboxylic acids is 1. The van der Waals surface area contributed by atoms with Crippen LogP contribution in [-0.4, -0.2) is 49.4 Å². The van der Waals surface area contributed by atoms with Gasteiger partial charge in [0.15, 0.2) is 0 Å². The Morgan fingerprint density at radius 1 is 1.28 bits per heavy atom. The second-order valence-electron chi connectivity index (χ2n) is 6.78. The Balaban J connectivity index is 1.56. The standard InChI is InChI=1S/C21H23N3O4S/c1-27-13-14-10-16(24-6-8-28-9-7-24)3-4-17(14)21(26)22-15-2-5-19-18(11-15)23-20(12-25)29-19/h2-5,10-11,25H,6-9,12-13H2,1H3,(H,22,26). The Bertz CT molecular complexity index is 1010. The molecule has 1 amide bonds. The molecular formula is C21H23N3O4S. The number of ether oxygens (including phenoxy) is 2. The van der Waals surface area contributed by atoms with Gasteiger partial charge in [-0.3, -0.25) is 4.79 Å². The Hall–Kier alpha value is -2.52. The zero-order chi connectivity index (χ0) is 20.2. The highest BCUT2D eigenvalue weighted by atomic mass is 32.1. The first kappa shape index (κ1) is 19.8. The summed E-state index contributed by atoms with van der Waals surface area (Å²) in [4.78, 5) is 19.5. The number of morpholine rings is 1. The molecule has 3 aromatic rings. The van der Waals surface area contributed by atoms with Crippen molar-refractivity contribution >= 4 is 38.8 Å². The first-order valence-corrected chi connectivity index (χ1v) is 10.3. The van der Waals surface area contributed by atoms with Crippen LogP contribution in [0.25, 0.3) is 10.2 Å². The highest BCUT2D eigenvalue weighted by molar-refractivity contribution is 7.18. The number of anilines is 2. The number of rotatable bonds is 6. The summed E-state index contributed by atoms with van der Waals surface area (Å²) in [7, 11) is 1.62. The van der Waals surface area contributed by atoms with Crippen molar-refractivity contribution in [1.82, 2.24) is 4.98 Å². The van der Waals surface area contributed by atoms with E-state index in [0.717, 1.165) is 34.6 Å². The fourth-order valence-corrected chi connectivity index (χ4v) is 4.22. The van der Waals surface area contributed by atoms with Crippen LogP contribution in [0.1, 0.15) is 20.9 Å². The number of aliphatic hydroxyl groups excluding tert-OH is 1. The summed E-state index contributed by atoms with van der Waals surface area (Å²) in [5.41, 5.74) is 3.91. The molecule has 4 rings (SSSR count). The second-order valence-corrected chi connectivity index (χ2v) is 7.89. The minimum atomic E-state index is -0.192. The van der Waals surface area contributed by atoms with E-state index in [1.165, 1.54) is 11.3 Å². The van der Waals surface area contributed by atoms with Crippen LogP contribution >= 0.6 is 11.3 Å². The zero-order valence-corrected chi connectivity index (χ0v) is 17.0. The summed E-state index contributed by atoms with van der Waals surface area (Å²) in [6.07, 6.45) is 0. The highest BCUT2D eigenvalue weighted by Crippen LogP contribution is 2.26. The lowest BCUT2D eigenvalue weighted by Gasteiger charge is -2.29. The smallest absolute Gasteiger partial charge is 0.256 e. The van der Waals surface area contributed by atoms with Crippen molar-refractivity contribution in [1.29, 1.82) is 0 Å². The highest BCUT2D eigenvalue weighted by Gasteiger charge is 2.17. The maximum atomic E-state index is 12.9. The van der Waals surface area contributed by atoms with Gasteiger partial charge in [-0.05, 0) is 42.0 Å². The summed E-state index contributed by atoms with van der Waals surface area (Å²) in [6.45, 7) is 3.35. The number of hydrogen-bond donors (Lipinski definition) is 2. The van der Waals surface area contributed by atoms with E-state index < -0.39 is 0 Å². The van der Waals surface area contributed by atoms with Crippen molar-refractivity contribution in [3.8, 4) is 0 Å². The van der Waals surface area contributed by atoms with Crippen LogP contribution in [0.2, 0.25) is 0 Å². The number of hydrogen-bond acceptors (Lipinski definition) is 7. The summed E-state index contributed by atoms with van der Waals surface area (Å²) in [6, 6.07) is 11.4. The molecule has 7 nitrogen and oxygen atoms in total. The lowest BCUT2D eigenvalue weighted by atomic mass is 10.1. The van der Waals surface area contributed by atoms with Gasteiger partial charge < -0.3 is 24.8 Å². The van der Waals surface area contributed by atoms with Gasteiger partial charge in [0.2, 0.25) is 0 Å². The SMILES string of the molecule is COCc1cc(N2CCOCC2)ccc1C(=O)Nc1ccc2sc(CO)nc2c1. The lowest BCUT2D eigenvalue weighted by molar-refractivity contribution is 0.102. The maximum absolute atomic E-state index is 12.9. The minimum absolute atomic E-state index is 0.0864. The Kier molecular flexibility index (Phi) is 6.05. The van der Waals surface area contributed by atoms with Gasteiger partial charge in [0.05, 0.1) is 36.6 Å². The van der Waals surface area contributed by atoms with Crippen LogP contribution in [0.5, 0.6) is 0 Å². The summed E-state index contributed by atoms with van der Waals surface area (Å²) in [5, 5.41) is 12.9. The first-order valence-electron chi connectivity index (χ1n) is 9.44. The molecule has 1 fully saturated rings. The number of aliphatic hydroxyl groups is 1. The molecule has 1 aliphatic heterocycles. The molecule has 0 aliphatic carbocycles. The topological polar surface area (TPSA) is 83.9 Å². The summed E-state index contributed by atoms with van der Waals surface area (Å²) in [5.74, 6) is -0.192. The monoisotopic (exact) mass is 413 g/mol. The minimum Gasteiger partial charge on any atom is -0.389 e. The van der Waals surface area contributed by atoms with Crippen molar-refractivity contribution in [2.45, 2.75) is 13.2 Å². The Morgan fingerprint density at radius 3 is 2.86 bits per heavy atom. The second kappa shape index (κ2) is 8.87. The fraction of sp³-hybridized carbons (Fsp3) is 0.333. The molecule has 152 valence electrons. The molecule has 8 heteroatoms. The van der Waals surface area contributed by atoms with Crippen molar-refractivity contribution in [2.24, 2.45) is 0 Å².